The zero-order chi connectivity index (χ0) is 10.7. The zero-order valence-corrected chi connectivity index (χ0v) is 10.7. The maximum atomic E-state index is 6.19. The van der Waals surface area contributed by atoms with Crippen LogP contribution in [0, 0.1) is 6.92 Å². The van der Waals surface area contributed by atoms with E-state index in [-0.39, 0.29) is 0 Å². The third-order valence-corrected chi connectivity index (χ3v) is 5.36. The molecule has 0 spiro atoms. The molecule has 1 aromatic rings. The highest BCUT2D eigenvalue weighted by atomic mass is 32.2. The van der Waals surface area contributed by atoms with Crippen molar-refractivity contribution in [2.75, 3.05) is 0 Å². The Bertz CT molecular complexity index is 311. The Hall–Kier alpha value is -0.0600. The molecule has 2 nitrogen and oxygen atoms in total. The van der Waals surface area contributed by atoms with Crippen LogP contribution in [-0.4, -0.2) is 16.3 Å². The summed E-state index contributed by atoms with van der Waals surface area (Å²) in [4.78, 5) is 4.50. The van der Waals surface area contributed by atoms with Gasteiger partial charge in [-0.05, 0) is 19.8 Å². The summed E-state index contributed by atoms with van der Waals surface area (Å²) < 4.78 is 1.19. The average molecular weight is 242 g/mol. The van der Waals surface area contributed by atoms with Gasteiger partial charge in [0.15, 0.2) is 0 Å². The van der Waals surface area contributed by atoms with Gasteiger partial charge in [-0.25, -0.2) is 4.98 Å². The molecule has 2 atom stereocenters. The van der Waals surface area contributed by atoms with Gasteiger partial charge in [-0.2, -0.15) is 0 Å². The highest BCUT2D eigenvalue weighted by molar-refractivity contribution is 8.01. The predicted molar refractivity (Wildman–Crippen MR) is 67.6 cm³/mol. The summed E-state index contributed by atoms with van der Waals surface area (Å²) in [6, 6.07) is 0.363. The summed E-state index contributed by atoms with van der Waals surface area (Å²) in [6.07, 6.45) is 6.42. The fourth-order valence-electron chi connectivity index (χ4n) is 1.96. The first-order valence-electron chi connectivity index (χ1n) is 5.60. The minimum absolute atomic E-state index is 0.363. The van der Waals surface area contributed by atoms with Crippen LogP contribution in [0.25, 0.3) is 0 Å². The van der Waals surface area contributed by atoms with Crippen LogP contribution in [0.5, 0.6) is 0 Å². The molecule has 15 heavy (non-hydrogen) atoms. The molecule has 2 N–H and O–H groups in total. The van der Waals surface area contributed by atoms with E-state index in [2.05, 4.69) is 10.4 Å². The topological polar surface area (TPSA) is 38.9 Å². The molecule has 2 rings (SSSR count). The number of nitrogens with two attached hydrogens (primary N) is 1. The van der Waals surface area contributed by atoms with Crippen LogP contribution in [0.15, 0.2) is 9.72 Å². The molecule has 0 aromatic carbocycles. The molecule has 1 aliphatic carbocycles. The highest BCUT2D eigenvalue weighted by Crippen LogP contribution is 2.33. The first-order valence-corrected chi connectivity index (χ1v) is 7.36. The van der Waals surface area contributed by atoms with Crippen molar-refractivity contribution in [3.63, 3.8) is 0 Å². The quantitative estimate of drug-likeness (QED) is 0.809. The lowest BCUT2D eigenvalue weighted by Gasteiger charge is -2.19. The Balaban J connectivity index is 1.97. The van der Waals surface area contributed by atoms with E-state index >= 15 is 0 Å². The molecule has 0 saturated heterocycles. The minimum atomic E-state index is 0.363. The van der Waals surface area contributed by atoms with Crippen molar-refractivity contribution in [1.82, 2.24) is 4.98 Å². The molecule has 1 aromatic heterocycles. The number of thioether (sulfide) groups is 1. The number of aryl methyl sites for hydroxylation is 1. The van der Waals surface area contributed by atoms with Crippen LogP contribution in [-0.2, 0) is 0 Å². The maximum absolute atomic E-state index is 6.19. The summed E-state index contributed by atoms with van der Waals surface area (Å²) in [7, 11) is 0. The number of hydrogen-bond acceptors (Lipinski definition) is 4. The van der Waals surface area contributed by atoms with E-state index in [9.17, 15) is 0 Å². The molecule has 0 radical (unpaired) electrons. The van der Waals surface area contributed by atoms with Crippen molar-refractivity contribution in [3.05, 3.63) is 11.1 Å². The Labute approximate surface area is 99.7 Å². The van der Waals surface area contributed by atoms with Gasteiger partial charge in [0, 0.05) is 22.4 Å². The summed E-state index contributed by atoms with van der Waals surface area (Å²) in [5.74, 6) is 0. The van der Waals surface area contributed by atoms with E-state index < -0.39 is 0 Å². The van der Waals surface area contributed by atoms with Gasteiger partial charge in [-0.1, -0.05) is 31.0 Å². The number of thiazole rings is 1. The van der Waals surface area contributed by atoms with Crippen LogP contribution in [0.4, 0.5) is 0 Å². The molecule has 0 bridgehead atoms. The van der Waals surface area contributed by atoms with Crippen molar-refractivity contribution in [1.29, 1.82) is 0 Å². The van der Waals surface area contributed by atoms with Crippen LogP contribution < -0.4 is 5.73 Å². The minimum Gasteiger partial charge on any atom is -0.327 e. The molecular formula is C11H18N2S2. The van der Waals surface area contributed by atoms with Crippen LogP contribution in [0.2, 0.25) is 0 Å². The average Bonchev–Trinajstić information content (AvgIpc) is 2.50. The van der Waals surface area contributed by atoms with Gasteiger partial charge in [-0.3, -0.25) is 0 Å². The normalized spacial score (nSPS) is 27.6. The summed E-state index contributed by atoms with van der Waals surface area (Å²) in [5, 5.41) is 2.70. The summed E-state index contributed by atoms with van der Waals surface area (Å²) >= 11 is 3.64. The Morgan fingerprint density at radius 1 is 1.40 bits per heavy atom. The van der Waals surface area contributed by atoms with Crippen LogP contribution in [0.1, 0.15) is 37.8 Å². The first kappa shape index (κ1) is 11.4. The van der Waals surface area contributed by atoms with E-state index in [1.807, 2.05) is 18.7 Å². The Kier molecular flexibility index (Phi) is 4.05. The van der Waals surface area contributed by atoms with Gasteiger partial charge < -0.3 is 5.73 Å². The lowest BCUT2D eigenvalue weighted by atomic mass is 10.1. The maximum Gasteiger partial charge on any atom is 0.150 e. The Morgan fingerprint density at radius 3 is 2.93 bits per heavy atom. The number of aromatic nitrogens is 1. The number of nitrogens with zero attached hydrogens (tertiary/aromatic N) is 1. The molecule has 1 aliphatic rings. The van der Waals surface area contributed by atoms with Gasteiger partial charge in [0.2, 0.25) is 0 Å². The summed E-state index contributed by atoms with van der Waals surface area (Å²) in [5.41, 5.74) is 7.32. The van der Waals surface area contributed by atoms with E-state index in [1.54, 1.807) is 11.3 Å². The SMILES string of the molecule is Cc1csc(SC2CCCCCC2N)n1. The highest BCUT2D eigenvalue weighted by Gasteiger charge is 2.22. The van der Waals surface area contributed by atoms with Crippen molar-refractivity contribution in [2.24, 2.45) is 5.73 Å². The second-order valence-corrected chi connectivity index (χ2v) is 6.56. The second kappa shape index (κ2) is 5.32. The van der Waals surface area contributed by atoms with Gasteiger partial charge >= 0.3 is 0 Å². The van der Waals surface area contributed by atoms with Gasteiger partial charge in [0.25, 0.3) is 0 Å². The third-order valence-electron chi connectivity index (χ3n) is 2.85. The van der Waals surface area contributed by atoms with Crippen LogP contribution >= 0.6 is 23.1 Å². The molecule has 1 fully saturated rings. The van der Waals surface area contributed by atoms with E-state index in [0.717, 1.165) is 5.69 Å². The third kappa shape index (κ3) is 3.20. The molecule has 84 valence electrons. The molecule has 0 aliphatic heterocycles. The molecule has 1 saturated carbocycles. The zero-order valence-electron chi connectivity index (χ0n) is 9.11. The molecule has 4 heteroatoms. The van der Waals surface area contributed by atoms with Gasteiger partial charge in [-0.15, -0.1) is 11.3 Å². The fourth-order valence-corrected chi connectivity index (χ4v) is 4.27. The monoisotopic (exact) mass is 242 g/mol. The standard InChI is InChI=1S/C11H18N2S2/c1-8-7-14-11(13-8)15-10-6-4-2-3-5-9(10)12/h7,9-10H,2-6,12H2,1H3. The molecule has 0 amide bonds. The molecule has 2 unspecified atom stereocenters. The smallest absolute Gasteiger partial charge is 0.150 e. The van der Waals surface area contributed by atoms with Crippen LogP contribution in [0.3, 0.4) is 0 Å². The van der Waals surface area contributed by atoms with E-state index in [4.69, 9.17) is 5.73 Å². The lowest BCUT2D eigenvalue weighted by molar-refractivity contribution is 0.596. The van der Waals surface area contributed by atoms with Crippen molar-refractivity contribution < 1.29 is 0 Å². The summed E-state index contributed by atoms with van der Waals surface area (Å²) in [6.45, 7) is 2.05. The van der Waals surface area contributed by atoms with Crippen molar-refractivity contribution >= 4 is 23.1 Å². The second-order valence-electron chi connectivity index (χ2n) is 4.21. The van der Waals surface area contributed by atoms with Crippen molar-refractivity contribution in [3.8, 4) is 0 Å². The number of rotatable bonds is 2. The fraction of sp³-hybridized carbons (Fsp3) is 0.727. The predicted octanol–water partition coefficient (Wildman–Crippen LogP) is 3.20. The largest absolute Gasteiger partial charge is 0.327 e. The van der Waals surface area contributed by atoms with Gasteiger partial charge in [0.1, 0.15) is 4.34 Å². The number of hydrogen-bond donors (Lipinski definition) is 1. The Morgan fingerprint density at radius 2 is 2.20 bits per heavy atom. The van der Waals surface area contributed by atoms with Crippen molar-refractivity contribution in [2.45, 2.75) is 54.7 Å². The molecular weight excluding hydrogens is 224 g/mol. The van der Waals surface area contributed by atoms with E-state index in [1.165, 1.54) is 36.4 Å². The lowest BCUT2D eigenvalue weighted by Crippen LogP contribution is -2.31. The molecule has 1 heterocycles. The van der Waals surface area contributed by atoms with E-state index in [0.29, 0.717) is 11.3 Å². The first-order chi connectivity index (χ1) is 7.25. The van der Waals surface area contributed by atoms with Gasteiger partial charge in [0.05, 0.1) is 0 Å².